The summed E-state index contributed by atoms with van der Waals surface area (Å²) in [5.74, 6) is 1.23. The van der Waals surface area contributed by atoms with Crippen LogP contribution in [-0.2, 0) is 4.79 Å². The van der Waals surface area contributed by atoms with Crippen molar-refractivity contribution in [2.75, 3.05) is 6.54 Å². The number of carbonyl (C=O) groups is 1. The van der Waals surface area contributed by atoms with Crippen LogP contribution in [0.5, 0.6) is 5.75 Å². The van der Waals surface area contributed by atoms with Crippen LogP contribution in [0.3, 0.4) is 0 Å². The van der Waals surface area contributed by atoms with Gasteiger partial charge in [0.1, 0.15) is 16.6 Å². The van der Waals surface area contributed by atoms with Crippen molar-refractivity contribution in [2.24, 2.45) is 0 Å². The number of aryl methyl sites for hydroxylation is 3. The SMILES string of the molecule is Cc1ccc(OC(C)C(=O)NCC(C)c2nn3nc(C)c(Cl)c3[nH]2)c(C)c1. The van der Waals surface area contributed by atoms with Gasteiger partial charge in [0, 0.05) is 12.5 Å². The first-order chi connectivity index (χ1) is 12.8. The fraction of sp³-hybridized carbons (Fsp3) is 0.421. The van der Waals surface area contributed by atoms with Crippen molar-refractivity contribution in [1.82, 2.24) is 25.1 Å². The van der Waals surface area contributed by atoms with Crippen molar-refractivity contribution < 1.29 is 9.53 Å². The van der Waals surface area contributed by atoms with Crippen LogP contribution in [0.15, 0.2) is 18.2 Å². The molecule has 7 nitrogen and oxygen atoms in total. The largest absolute Gasteiger partial charge is 0.481 e. The Morgan fingerprint density at radius 3 is 2.70 bits per heavy atom. The van der Waals surface area contributed by atoms with E-state index in [0.29, 0.717) is 28.8 Å². The maximum Gasteiger partial charge on any atom is 0.260 e. The van der Waals surface area contributed by atoms with Gasteiger partial charge in [-0.3, -0.25) is 4.79 Å². The topological polar surface area (TPSA) is 84.3 Å². The van der Waals surface area contributed by atoms with Crippen LogP contribution < -0.4 is 10.1 Å². The van der Waals surface area contributed by atoms with Crippen LogP contribution in [-0.4, -0.2) is 38.4 Å². The molecule has 0 bridgehead atoms. The molecule has 3 aromatic rings. The van der Waals surface area contributed by atoms with Crippen LogP contribution in [0.1, 0.15) is 42.4 Å². The predicted molar refractivity (Wildman–Crippen MR) is 105 cm³/mol. The van der Waals surface area contributed by atoms with Crippen molar-refractivity contribution in [3.8, 4) is 5.75 Å². The number of rotatable bonds is 6. The van der Waals surface area contributed by atoms with Crippen LogP contribution in [0.2, 0.25) is 5.02 Å². The second-order valence-corrected chi connectivity index (χ2v) is 7.30. The first kappa shape index (κ1) is 19.2. The molecule has 2 unspecified atom stereocenters. The minimum Gasteiger partial charge on any atom is -0.481 e. The molecule has 2 atom stereocenters. The van der Waals surface area contributed by atoms with E-state index < -0.39 is 6.10 Å². The first-order valence-electron chi connectivity index (χ1n) is 8.89. The summed E-state index contributed by atoms with van der Waals surface area (Å²) < 4.78 is 7.28. The molecular formula is C19H24ClN5O2. The molecule has 0 aliphatic rings. The standard InChI is InChI=1S/C19H24ClN5O2/c1-10-6-7-15(11(2)8-10)27-14(5)19(26)21-9-12(3)17-22-18-16(20)13(4)23-25(18)24-17/h6-8,12,14H,9H2,1-5H3,(H,21,26)(H,22,24). The summed E-state index contributed by atoms with van der Waals surface area (Å²) in [5, 5.41) is 12.1. The van der Waals surface area contributed by atoms with Crippen LogP contribution in [0.25, 0.3) is 5.65 Å². The Hall–Kier alpha value is -2.54. The number of amides is 1. The zero-order chi connectivity index (χ0) is 19.7. The summed E-state index contributed by atoms with van der Waals surface area (Å²) in [6.45, 7) is 9.94. The highest BCUT2D eigenvalue weighted by Crippen LogP contribution is 2.22. The van der Waals surface area contributed by atoms with E-state index in [9.17, 15) is 4.79 Å². The van der Waals surface area contributed by atoms with E-state index in [4.69, 9.17) is 16.3 Å². The van der Waals surface area contributed by atoms with E-state index in [-0.39, 0.29) is 11.8 Å². The number of hydrogen-bond donors (Lipinski definition) is 2. The van der Waals surface area contributed by atoms with Gasteiger partial charge in [-0.15, -0.1) is 9.73 Å². The highest BCUT2D eigenvalue weighted by Gasteiger charge is 2.19. The van der Waals surface area contributed by atoms with Crippen molar-refractivity contribution in [3.05, 3.63) is 45.9 Å². The van der Waals surface area contributed by atoms with Gasteiger partial charge in [-0.2, -0.15) is 5.10 Å². The third-order valence-corrected chi connectivity index (χ3v) is 4.92. The molecule has 0 spiro atoms. The number of hydrogen-bond acceptors (Lipinski definition) is 4. The van der Waals surface area contributed by atoms with E-state index >= 15 is 0 Å². The van der Waals surface area contributed by atoms with Gasteiger partial charge in [0.25, 0.3) is 5.91 Å². The highest BCUT2D eigenvalue weighted by atomic mass is 35.5. The number of fused-ring (bicyclic) bond motifs is 1. The summed E-state index contributed by atoms with van der Waals surface area (Å²) in [7, 11) is 0. The third kappa shape index (κ3) is 4.08. The van der Waals surface area contributed by atoms with Gasteiger partial charge < -0.3 is 15.0 Å². The molecule has 2 aromatic heterocycles. The third-order valence-electron chi connectivity index (χ3n) is 4.47. The Bertz CT molecular complexity index is 978. The molecule has 144 valence electrons. The number of ether oxygens (including phenoxy) is 1. The number of aromatic amines is 1. The summed E-state index contributed by atoms with van der Waals surface area (Å²) in [4.78, 5) is 15.5. The predicted octanol–water partition coefficient (Wildman–Crippen LogP) is 3.32. The molecule has 8 heteroatoms. The van der Waals surface area contributed by atoms with E-state index in [1.165, 1.54) is 4.63 Å². The van der Waals surface area contributed by atoms with Gasteiger partial charge in [0.05, 0.1) is 5.69 Å². The number of benzene rings is 1. The summed E-state index contributed by atoms with van der Waals surface area (Å²) in [6.07, 6.45) is -0.593. The van der Waals surface area contributed by atoms with Crippen molar-refractivity contribution in [2.45, 2.75) is 46.6 Å². The van der Waals surface area contributed by atoms with Gasteiger partial charge >= 0.3 is 0 Å². The Morgan fingerprint density at radius 1 is 1.30 bits per heavy atom. The number of H-pyrrole nitrogens is 1. The molecule has 0 saturated carbocycles. The lowest BCUT2D eigenvalue weighted by Gasteiger charge is -2.17. The molecule has 0 fully saturated rings. The lowest BCUT2D eigenvalue weighted by atomic mass is 10.1. The van der Waals surface area contributed by atoms with E-state index in [2.05, 4.69) is 20.5 Å². The first-order valence-corrected chi connectivity index (χ1v) is 9.26. The summed E-state index contributed by atoms with van der Waals surface area (Å²) in [5.41, 5.74) is 3.55. The van der Waals surface area contributed by atoms with Crippen molar-refractivity contribution in [3.63, 3.8) is 0 Å². The van der Waals surface area contributed by atoms with Crippen LogP contribution in [0.4, 0.5) is 0 Å². The molecule has 0 aliphatic carbocycles. The lowest BCUT2D eigenvalue weighted by molar-refractivity contribution is -0.127. The lowest BCUT2D eigenvalue weighted by Crippen LogP contribution is -2.38. The Kier molecular flexibility index (Phi) is 5.41. The number of nitrogens with one attached hydrogen (secondary N) is 2. The average Bonchev–Trinajstić information content (AvgIpc) is 3.14. The molecule has 1 amide bonds. The minimum atomic E-state index is -0.593. The van der Waals surface area contributed by atoms with E-state index in [1.807, 2.05) is 45.9 Å². The molecule has 1 aromatic carbocycles. The fourth-order valence-electron chi connectivity index (χ4n) is 2.81. The second kappa shape index (κ2) is 7.60. The highest BCUT2D eigenvalue weighted by molar-refractivity contribution is 6.34. The van der Waals surface area contributed by atoms with Crippen LogP contribution >= 0.6 is 11.6 Å². The van der Waals surface area contributed by atoms with Gasteiger partial charge in [-0.25, -0.2) is 0 Å². The van der Waals surface area contributed by atoms with Gasteiger partial charge in [-0.1, -0.05) is 36.2 Å². The normalized spacial score (nSPS) is 13.6. The van der Waals surface area contributed by atoms with E-state index in [0.717, 1.165) is 16.8 Å². The Morgan fingerprint density at radius 2 is 2.04 bits per heavy atom. The van der Waals surface area contributed by atoms with Crippen molar-refractivity contribution >= 4 is 23.2 Å². The second-order valence-electron chi connectivity index (χ2n) is 6.92. The summed E-state index contributed by atoms with van der Waals surface area (Å²) >= 11 is 6.19. The molecule has 2 N–H and O–H groups in total. The zero-order valence-electron chi connectivity index (χ0n) is 16.1. The number of carbonyl (C=O) groups excluding carboxylic acids is 1. The minimum absolute atomic E-state index is 0.0275. The zero-order valence-corrected chi connectivity index (χ0v) is 16.9. The smallest absolute Gasteiger partial charge is 0.260 e. The van der Waals surface area contributed by atoms with Gasteiger partial charge in [0.2, 0.25) is 0 Å². The Labute approximate surface area is 163 Å². The van der Waals surface area contributed by atoms with Crippen LogP contribution in [0, 0.1) is 20.8 Å². The number of halogens is 1. The molecular weight excluding hydrogens is 366 g/mol. The maximum atomic E-state index is 12.4. The van der Waals surface area contributed by atoms with E-state index in [1.54, 1.807) is 6.92 Å². The fourth-order valence-corrected chi connectivity index (χ4v) is 2.97. The molecule has 3 rings (SSSR count). The molecule has 27 heavy (non-hydrogen) atoms. The van der Waals surface area contributed by atoms with Gasteiger partial charge in [0.15, 0.2) is 11.8 Å². The monoisotopic (exact) mass is 389 g/mol. The molecule has 0 aliphatic heterocycles. The molecule has 0 radical (unpaired) electrons. The Balaban J connectivity index is 1.58. The molecule has 2 heterocycles. The van der Waals surface area contributed by atoms with Gasteiger partial charge in [-0.05, 0) is 39.3 Å². The number of aromatic nitrogens is 4. The number of nitrogens with zero attached hydrogens (tertiary/aromatic N) is 3. The summed E-state index contributed by atoms with van der Waals surface area (Å²) in [6, 6.07) is 5.89. The van der Waals surface area contributed by atoms with Crippen molar-refractivity contribution in [1.29, 1.82) is 0 Å². The maximum absolute atomic E-state index is 12.4. The molecule has 0 saturated heterocycles. The average molecular weight is 390 g/mol. The quantitative estimate of drug-likeness (QED) is 0.677.